The van der Waals surface area contributed by atoms with Gasteiger partial charge >= 0.3 is 18.0 Å². The van der Waals surface area contributed by atoms with Gasteiger partial charge in [-0.15, -0.1) is 0 Å². The van der Waals surface area contributed by atoms with E-state index in [1.165, 1.54) is 0 Å². The van der Waals surface area contributed by atoms with E-state index >= 15 is 0 Å². The number of esters is 2. The van der Waals surface area contributed by atoms with E-state index in [2.05, 4.69) is 16.0 Å². The predicted molar refractivity (Wildman–Crippen MR) is 203 cm³/mol. The molecule has 0 bridgehead atoms. The topological polar surface area (TPSA) is 149 Å². The minimum absolute atomic E-state index is 0.0175. The second kappa shape index (κ2) is 18.2. The highest BCUT2D eigenvalue weighted by molar-refractivity contribution is 5.95. The minimum Gasteiger partial charge on any atom is -0.464 e. The Morgan fingerprint density at radius 3 is 1.63 bits per heavy atom. The Bertz CT molecular complexity index is 1880. The molecule has 11 heteroatoms. The average Bonchev–Trinajstić information content (AvgIpc) is 3.46. The maximum absolute atomic E-state index is 14.0. The lowest BCUT2D eigenvalue weighted by Crippen LogP contribution is -2.57. The summed E-state index contributed by atoms with van der Waals surface area (Å²) in [6.07, 6.45) is -1.26. The van der Waals surface area contributed by atoms with Gasteiger partial charge < -0.3 is 30.2 Å². The zero-order valence-corrected chi connectivity index (χ0v) is 31.0. The average molecular weight is 734 g/mol. The molecule has 3 amide bonds. The minimum atomic E-state index is -1.47. The highest BCUT2D eigenvalue weighted by Crippen LogP contribution is 2.44. The Morgan fingerprint density at radius 2 is 1.09 bits per heavy atom. The molecule has 0 saturated carbocycles. The van der Waals surface area contributed by atoms with Crippen molar-refractivity contribution in [1.29, 1.82) is 0 Å². The van der Waals surface area contributed by atoms with E-state index in [0.29, 0.717) is 0 Å². The second-order valence-corrected chi connectivity index (χ2v) is 14.1. The molecule has 0 spiro atoms. The van der Waals surface area contributed by atoms with Crippen LogP contribution in [0.25, 0.3) is 11.1 Å². The van der Waals surface area contributed by atoms with Crippen LogP contribution in [0.15, 0.2) is 109 Å². The Hall–Kier alpha value is -5.97. The molecule has 0 aromatic heterocycles. The van der Waals surface area contributed by atoms with Crippen LogP contribution < -0.4 is 16.0 Å². The van der Waals surface area contributed by atoms with Crippen LogP contribution in [-0.4, -0.2) is 66.8 Å². The molecule has 3 N–H and O–H groups in total. The first kappa shape index (κ1) is 39.2. The summed E-state index contributed by atoms with van der Waals surface area (Å²) in [5.74, 6) is -3.07. The predicted octanol–water partition coefficient (Wildman–Crippen LogP) is 5.64. The van der Waals surface area contributed by atoms with Crippen LogP contribution in [0.4, 0.5) is 4.79 Å². The quantitative estimate of drug-likeness (QED) is 0.105. The maximum atomic E-state index is 14.0. The fraction of sp³-hybridized carbons (Fsp3) is 0.326. The summed E-state index contributed by atoms with van der Waals surface area (Å²) >= 11 is 0. The summed E-state index contributed by atoms with van der Waals surface area (Å²) in [5, 5.41) is 8.03. The zero-order valence-electron chi connectivity index (χ0n) is 31.0. The molecule has 0 radical (unpaired) electrons. The van der Waals surface area contributed by atoms with Gasteiger partial charge in [-0.25, -0.2) is 9.59 Å². The van der Waals surface area contributed by atoms with Crippen LogP contribution in [0.5, 0.6) is 0 Å². The van der Waals surface area contributed by atoms with Gasteiger partial charge in [0, 0.05) is 18.8 Å². The largest absolute Gasteiger partial charge is 0.464 e. The molecule has 1 aliphatic rings. The van der Waals surface area contributed by atoms with E-state index in [0.717, 1.165) is 33.4 Å². The third kappa shape index (κ3) is 10.8. The summed E-state index contributed by atoms with van der Waals surface area (Å²) in [6, 6.07) is 30.2. The van der Waals surface area contributed by atoms with Crippen LogP contribution in [0, 0.1) is 0 Å². The molecule has 4 aromatic rings. The number of rotatable bonds is 15. The van der Waals surface area contributed by atoms with Crippen LogP contribution in [0.1, 0.15) is 62.3 Å². The van der Waals surface area contributed by atoms with Crippen molar-refractivity contribution in [3.8, 4) is 11.1 Å². The van der Waals surface area contributed by atoms with Gasteiger partial charge in [0.2, 0.25) is 11.8 Å². The molecule has 4 aromatic carbocycles. The van der Waals surface area contributed by atoms with Crippen LogP contribution in [0.2, 0.25) is 0 Å². The van der Waals surface area contributed by atoms with E-state index < -0.39 is 60.0 Å². The van der Waals surface area contributed by atoms with Gasteiger partial charge in [0.15, 0.2) is 0 Å². The molecule has 282 valence electrons. The summed E-state index contributed by atoms with van der Waals surface area (Å²) in [7, 11) is 0. The van der Waals surface area contributed by atoms with Gasteiger partial charge in [-0.2, -0.15) is 0 Å². The molecular weight excluding hydrogens is 686 g/mol. The van der Waals surface area contributed by atoms with Crippen molar-refractivity contribution in [3.05, 3.63) is 131 Å². The summed E-state index contributed by atoms with van der Waals surface area (Å²) in [5.41, 5.74) is 4.79. The van der Waals surface area contributed by atoms with Gasteiger partial charge in [0.05, 0.1) is 13.0 Å². The van der Waals surface area contributed by atoms with Crippen LogP contribution in [0.3, 0.4) is 0 Å². The van der Waals surface area contributed by atoms with Crippen LogP contribution >= 0.6 is 0 Å². The standard InChI is InChI=1S/C43H47N3O8/c1-5-52-41(50)37(25-29-18-10-7-11-19-29)45-39(48)35(24-28-16-8-6-9-17-28)44-40(49)36(26-38(47)54-43(2,3)4)46-42(51)53-27-34-32-22-14-12-20-30(32)31-21-13-15-23-33(31)34/h6-23,34-37H,5,24-27H2,1-4H3,(H,44,49)(H,45,48)(H,46,51)/t35-,36-,37-/m0/s1. The number of alkyl carbamates (subject to hydrolysis) is 1. The molecule has 3 atom stereocenters. The molecule has 5 rings (SSSR count). The van der Waals surface area contributed by atoms with Gasteiger partial charge in [-0.1, -0.05) is 109 Å². The van der Waals surface area contributed by atoms with Crippen molar-refractivity contribution in [1.82, 2.24) is 16.0 Å². The number of carbonyl (C=O) groups excluding carboxylic acids is 5. The van der Waals surface area contributed by atoms with Gasteiger partial charge in [-0.05, 0) is 61.1 Å². The van der Waals surface area contributed by atoms with E-state index in [1.54, 1.807) is 52.0 Å². The first-order chi connectivity index (χ1) is 25.9. The number of ether oxygens (including phenoxy) is 3. The molecule has 0 unspecified atom stereocenters. The monoisotopic (exact) mass is 733 g/mol. The van der Waals surface area contributed by atoms with Crippen molar-refractivity contribution in [2.24, 2.45) is 0 Å². The lowest BCUT2D eigenvalue weighted by molar-refractivity contribution is -0.156. The lowest BCUT2D eigenvalue weighted by atomic mass is 9.98. The van der Waals surface area contributed by atoms with Gasteiger partial charge in [0.1, 0.15) is 30.3 Å². The third-order valence-corrected chi connectivity index (χ3v) is 8.83. The Labute approximate surface area is 315 Å². The highest BCUT2D eigenvalue weighted by atomic mass is 16.6. The second-order valence-electron chi connectivity index (χ2n) is 14.1. The normalized spacial score (nSPS) is 13.6. The summed E-state index contributed by atoms with van der Waals surface area (Å²) in [6.45, 7) is 6.83. The van der Waals surface area contributed by atoms with E-state index in [-0.39, 0.29) is 32.0 Å². The van der Waals surface area contributed by atoms with Crippen LogP contribution in [-0.2, 0) is 46.2 Å². The lowest BCUT2D eigenvalue weighted by Gasteiger charge is -2.26. The molecular formula is C43H47N3O8. The Morgan fingerprint density at radius 1 is 0.611 bits per heavy atom. The maximum Gasteiger partial charge on any atom is 0.407 e. The number of benzene rings is 4. The highest BCUT2D eigenvalue weighted by Gasteiger charge is 2.34. The first-order valence-corrected chi connectivity index (χ1v) is 18.1. The number of nitrogens with one attached hydrogen (secondary N) is 3. The summed E-state index contributed by atoms with van der Waals surface area (Å²) in [4.78, 5) is 67.4. The number of hydrogen-bond donors (Lipinski definition) is 3. The van der Waals surface area contributed by atoms with Crippen molar-refractivity contribution >= 4 is 29.8 Å². The Balaban J connectivity index is 1.34. The molecule has 0 heterocycles. The fourth-order valence-electron chi connectivity index (χ4n) is 6.43. The molecule has 11 nitrogen and oxygen atoms in total. The van der Waals surface area contributed by atoms with E-state index in [4.69, 9.17) is 14.2 Å². The zero-order chi connectivity index (χ0) is 38.7. The fourth-order valence-corrected chi connectivity index (χ4v) is 6.43. The smallest absolute Gasteiger partial charge is 0.407 e. The number of amides is 3. The molecule has 0 fully saturated rings. The summed E-state index contributed by atoms with van der Waals surface area (Å²) < 4.78 is 16.4. The molecule has 0 saturated heterocycles. The van der Waals surface area contributed by atoms with Gasteiger partial charge in [0.25, 0.3) is 0 Å². The third-order valence-electron chi connectivity index (χ3n) is 8.83. The number of fused-ring (bicyclic) bond motifs is 3. The SMILES string of the molecule is CCOC(=O)[C@H](Cc1ccccc1)NC(=O)[C@H](Cc1ccccc1)NC(=O)[C@H](CC(=O)OC(C)(C)C)NC(=O)OCC1c2ccccc2-c2ccccc21. The van der Waals surface area contributed by atoms with Crippen molar-refractivity contribution in [2.75, 3.05) is 13.2 Å². The molecule has 54 heavy (non-hydrogen) atoms. The molecule has 1 aliphatic carbocycles. The first-order valence-electron chi connectivity index (χ1n) is 18.1. The number of hydrogen-bond acceptors (Lipinski definition) is 8. The van der Waals surface area contributed by atoms with E-state index in [1.807, 2.05) is 84.9 Å². The Kier molecular flexibility index (Phi) is 13.2. The van der Waals surface area contributed by atoms with E-state index in [9.17, 15) is 24.0 Å². The number of carbonyl (C=O) groups is 5. The van der Waals surface area contributed by atoms with Crippen molar-refractivity contribution in [3.63, 3.8) is 0 Å². The molecule has 0 aliphatic heterocycles. The van der Waals surface area contributed by atoms with Gasteiger partial charge in [-0.3, -0.25) is 14.4 Å². The van der Waals surface area contributed by atoms with Crippen molar-refractivity contribution < 1.29 is 38.2 Å². The van der Waals surface area contributed by atoms with Crippen molar-refractivity contribution in [2.45, 2.75) is 76.6 Å².